The molecule has 0 radical (unpaired) electrons. The first kappa shape index (κ1) is 22.4. The lowest BCUT2D eigenvalue weighted by Gasteiger charge is -2.30. The highest BCUT2D eigenvalue weighted by Crippen LogP contribution is 2.29. The Morgan fingerprint density at radius 3 is 2.62 bits per heavy atom. The highest BCUT2D eigenvalue weighted by Gasteiger charge is 2.38. The molecule has 170 valence electrons. The number of hydrogen-bond donors (Lipinski definition) is 1. The van der Waals surface area contributed by atoms with E-state index in [1.54, 1.807) is 40.5 Å². The number of thiocarbonyl (C=S) groups is 1. The summed E-state index contributed by atoms with van der Waals surface area (Å²) in [6, 6.07) is 2.87. The first-order chi connectivity index (χ1) is 15.3. The summed E-state index contributed by atoms with van der Waals surface area (Å²) in [5.74, 6) is 0.670. The van der Waals surface area contributed by atoms with Crippen molar-refractivity contribution in [3.63, 3.8) is 0 Å². The van der Waals surface area contributed by atoms with E-state index < -0.39 is 6.09 Å². The Morgan fingerprint density at radius 1 is 1.31 bits per heavy atom. The highest BCUT2D eigenvalue weighted by molar-refractivity contribution is 7.99. The van der Waals surface area contributed by atoms with Gasteiger partial charge < -0.3 is 15.0 Å². The van der Waals surface area contributed by atoms with E-state index >= 15 is 0 Å². The number of carbonyl (C=O) groups is 2. The summed E-state index contributed by atoms with van der Waals surface area (Å²) in [7, 11) is 1.81. The second-order valence-corrected chi connectivity index (χ2v) is 9.61. The normalized spacial score (nSPS) is 19.6. The Hall–Kier alpha value is -2.80. The molecule has 32 heavy (non-hydrogen) atoms. The third-order valence-corrected chi connectivity index (χ3v) is 7.01. The minimum Gasteiger partial charge on any atom is -0.409 e. The predicted octanol–water partition coefficient (Wildman–Crippen LogP) is 1.61. The summed E-state index contributed by atoms with van der Waals surface area (Å²) in [6.45, 7) is 5.08. The van der Waals surface area contributed by atoms with Crippen LogP contribution in [0.25, 0.3) is 0 Å². The van der Waals surface area contributed by atoms with E-state index in [9.17, 15) is 9.59 Å². The van der Waals surface area contributed by atoms with Gasteiger partial charge in [-0.3, -0.25) is 4.79 Å². The van der Waals surface area contributed by atoms with Crippen LogP contribution in [0.15, 0.2) is 23.5 Å². The van der Waals surface area contributed by atoms with Gasteiger partial charge in [-0.15, -0.1) is 5.10 Å². The second kappa shape index (κ2) is 9.36. The summed E-state index contributed by atoms with van der Waals surface area (Å²) in [5.41, 5.74) is 0. The monoisotopic (exact) mass is 476 g/mol. The van der Waals surface area contributed by atoms with Crippen molar-refractivity contribution in [3.8, 4) is 5.75 Å². The molecular formula is C19H24N8O3S2. The number of thioether (sulfide) groups is 1. The van der Waals surface area contributed by atoms with Gasteiger partial charge in [-0.1, -0.05) is 25.6 Å². The Bertz CT molecular complexity index is 1000. The smallest absolute Gasteiger partial charge is 0.409 e. The van der Waals surface area contributed by atoms with Gasteiger partial charge in [0, 0.05) is 25.4 Å². The quantitative estimate of drug-likeness (QED) is 0.638. The molecule has 0 aliphatic carbocycles. The van der Waals surface area contributed by atoms with Crippen molar-refractivity contribution in [2.75, 3.05) is 18.0 Å². The van der Waals surface area contributed by atoms with Crippen LogP contribution in [0.2, 0.25) is 0 Å². The highest BCUT2D eigenvalue weighted by atomic mass is 32.2. The molecule has 0 bridgehead atoms. The fourth-order valence-corrected chi connectivity index (χ4v) is 4.85. The third-order valence-electron chi connectivity index (χ3n) is 5.34. The molecule has 2 aliphatic rings. The molecule has 2 aliphatic heterocycles. The third kappa shape index (κ3) is 4.67. The molecule has 2 amide bonds. The van der Waals surface area contributed by atoms with E-state index in [1.807, 2.05) is 13.8 Å². The maximum atomic E-state index is 12.6. The molecule has 2 aromatic rings. The van der Waals surface area contributed by atoms with Gasteiger partial charge in [0.05, 0.1) is 6.20 Å². The van der Waals surface area contributed by atoms with Gasteiger partial charge >= 0.3 is 6.09 Å². The lowest BCUT2D eigenvalue weighted by Crippen LogP contribution is -2.41. The van der Waals surface area contributed by atoms with E-state index in [2.05, 4.69) is 25.8 Å². The molecule has 2 saturated heterocycles. The van der Waals surface area contributed by atoms with Crippen molar-refractivity contribution < 1.29 is 14.3 Å². The van der Waals surface area contributed by atoms with E-state index in [0.29, 0.717) is 35.0 Å². The number of nitrogens with one attached hydrogen (secondary N) is 1. The first-order valence-corrected chi connectivity index (χ1v) is 11.6. The van der Waals surface area contributed by atoms with Crippen LogP contribution in [-0.2, 0) is 11.8 Å². The predicted molar refractivity (Wildman–Crippen MR) is 121 cm³/mol. The summed E-state index contributed by atoms with van der Waals surface area (Å²) < 4.78 is 7.12. The number of hydrogen-bond acceptors (Lipinski definition) is 9. The molecule has 1 N–H and O–H groups in total. The van der Waals surface area contributed by atoms with E-state index in [0.717, 1.165) is 18.0 Å². The zero-order valence-corrected chi connectivity index (χ0v) is 19.6. The number of aryl methyl sites for hydroxylation is 1. The van der Waals surface area contributed by atoms with Crippen molar-refractivity contribution in [2.45, 2.75) is 43.1 Å². The number of rotatable bonds is 5. The number of likely N-dealkylation sites (tertiary alicyclic amines) is 1. The molecule has 4 heterocycles. The first-order valence-electron chi connectivity index (χ1n) is 10.3. The Kier molecular flexibility index (Phi) is 6.55. The summed E-state index contributed by atoms with van der Waals surface area (Å²) in [4.78, 5) is 32.5. The lowest BCUT2D eigenvalue weighted by atomic mass is 10.1. The molecule has 2 aromatic heterocycles. The average molecular weight is 477 g/mol. The van der Waals surface area contributed by atoms with Crippen LogP contribution in [0.5, 0.6) is 5.75 Å². The largest absolute Gasteiger partial charge is 0.415 e. The van der Waals surface area contributed by atoms with Crippen molar-refractivity contribution in [3.05, 3.63) is 18.3 Å². The van der Waals surface area contributed by atoms with Crippen LogP contribution in [0.3, 0.4) is 0 Å². The Labute approximate surface area is 194 Å². The van der Waals surface area contributed by atoms with Crippen LogP contribution in [-0.4, -0.2) is 71.6 Å². The topological polar surface area (TPSA) is 118 Å². The van der Waals surface area contributed by atoms with Crippen LogP contribution < -0.4 is 15.0 Å². The van der Waals surface area contributed by atoms with Crippen molar-refractivity contribution >= 4 is 46.9 Å². The molecule has 11 nitrogen and oxygen atoms in total. The zero-order chi connectivity index (χ0) is 22.8. The molecule has 2 fully saturated rings. The minimum absolute atomic E-state index is 0.102. The number of pyridine rings is 1. The van der Waals surface area contributed by atoms with Gasteiger partial charge in [-0.25, -0.2) is 19.4 Å². The van der Waals surface area contributed by atoms with Crippen molar-refractivity contribution in [1.82, 2.24) is 35.4 Å². The van der Waals surface area contributed by atoms with Crippen LogP contribution in [0, 0.1) is 5.92 Å². The van der Waals surface area contributed by atoms with Gasteiger partial charge in [-0.05, 0) is 53.5 Å². The molecule has 13 heteroatoms. The number of amides is 2. The van der Waals surface area contributed by atoms with Crippen LogP contribution >= 0.6 is 24.0 Å². The number of nitrogens with zero attached hydrogens (tertiary/aromatic N) is 7. The lowest BCUT2D eigenvalue weighted by molar-refractivity contribution is -0.119. The van der Waals surface area contributed by atoms with Crippen LogP contribution in [0.1, 0.15) is 26.7 Å². The molecule has 0 spiro atoms. The van der Waals surface area contributed by atoms with E-state index in [1.165, 1.54) is 11.1 Å². The average Bonchev–Trinajstić information content (AvgIpc) is 3.31. The fourth-order valence-electron chi connectivity index (χ4n) is 3.52. The maximum absolute atomic E-state index is 12.6. The molecular weight excluding hydrogens is 452 g/mol. The Morgan fingerprint density at radius 2 is 2.06 bits per heavy atom. The van der Waals surface area contributed by atoms with Crippen LogP contribution in [0.4, 0.5) is 10.6 Å². The summed E-state index contributed by atoms with van der Waals surface area (Å²) >= 11 is 6.91. The number of tetrazole rings is 1. The Balaban J connectivity index is 1.30. The number of anilines is 1. The molecule has 1 atom stereocenters. The molecule has 0 saturated carbocycles. The summed E-state index contributed by atoms with van der Waals surface area (Å²) in [6.07, 6.45) is 2.65. The van der Waals surface area contributed by atoms with Crippen molar-refractivity contribution in [1.29, 1.82) is 0 Å². The zero-order valence-electron chi connectivity index (χ0n) is 18.0. The molecule has 1 unspecified atom stereocenters. The number of ether oxygens (including phenoxy) is 1. The van der Waals surface area contributed by atoms with Gasteiger partial charge in [0.25, 0.3) is 5.91 Å². The van der Waals surface area contributed by atoms with Gasteiger partial charge in [0.1, 0.15) is 11.9 Å². The number of aromatic nitrogens is 5. The van der Waals surface area contributed by atoms with Gasteiger partial charge in [0.2, 0.25) is 5.16 Å². The van der Waals surface area contributed by atoms with E-state index in [4.69, 9.17) is 17.0 Å². The van der Waals surface area contributed by atoms with E-state index in [-0.39, 0.29) is 17.9 Å². The van der Waals surface area contributed by atoms with Gasteiger partial charge in [0.15, 0.2) is 10.9 Å². The number of piperidine rings is 1. The SMILES string of the molecule is CC(C)C1NC(=S)N(c2ccc(OC(=O)N3CCC(Sc4nnnn4C)CC3)cn2)C1=O. The summed E-state index contributed by atoms with van der Waals surface area (Å²) in [5, 5.41) is 15.9. The van der Waals surface area contributed by atoms with Crippen molar-refractivity contribution in [2.24, 2.45) is 13.0 Å². The maximum Gasteiger partial charge on any atom is 0.415 e. The number of carbonyl (C=O) groups excluding carboxylic acids is 2. The molecule has 0 aromatic carbocycles. The molecule has 4 rings (SSSR count). The standard InChI is InChI=1S/C19H24N8O3S2/c1-11(2)15-16(28)27(17(31)21-15)14-5-4-12(10-20-14)30-19(29)26-8-6-13(7-9-26)32-18-22-23-24-25(18)3/h4-5,10-11,13,15H,6-9H2,1-3H3,(H,21,31). The fraction of sp³-hybridized carbons (Fsp3) is 0.526. The van der Waals surface area contributed by atoms with Gasteiger partial charge in [-0.2, -0.15) is 0 Å². The second-order valence-electron chi connectivity index (χ2n) is 7.95. The minimum atomic E-state index is -0.419.